The number of aliphatic hydroxyl groups excluding tert-OH is 1. The van der Waals surface area contributed by atoms with Crippen LogP contribution in [0.2, 0.25) is 0 Å². The van der Waals surface area contributed by atoms with Crippen molar-refractivity contribution in [3.8, 4) is 0 Å². The minimum absolute atomic E-state index is 0.0515. The molecule has 0 aliphatic heterocycles. The molecule has 1 amide bonds. The molecule has 0 fully saturated rings. The Balaban J connectivity index is 2.53. The average Bonchev–Trinajstić information content (AvgIpc) is 2.28. The number of hydrogen-bond acceptors (Lipinski definition) is 2. The van der Waals surface area contributed by atoms with Crippen molar-refractivity contribution < 1.29 is 9.90 Å². The van der Waals surface area contributed by atoms with Crippen LogP contribution in [0.1, 0.15) is 18.1 Å². The molecule has 1 rings (SSSR count). The highest BCUT2D eigenvalue weighted by atomic mass is 16.3. The molecule has 3 heteroatoms. The van der Waals surface area contributed by atoms with E-state index in [0.717, 1.165) is 5.56 Å². The van der Waals surface area contributed by atoms with Gasteiger partial charge in [0.1, 0.15) is 0 Å². The lowest BCUT2D eigenvalue weighted by atomic mass is 10.1. The number of carbonyl (C=O) groups excluding carboxylic acids is 1. The van der Waals surface area contributed by atoms with Crippen molar-refractivity contribution in [3.63, 3.8) is 0 Å². The topological polar surface area (TPSA) is 49.3 Å². The number of hydrogen-bond donors (Lipinski definition) is 2. The molecule has 1 atom stereocenters. The molecule has 1 unspecified atom stereocenters. The molecule has 0 aliphatic rings. The van der Waals surface area contributed by atoms with Gasteiger partial charge in [0.05, 0.1) is 6.61 Å². The second kappa shape index (κ2) is 6.08. The maximum Gasteiger partial charge on any atom is 0.244 e. The zero-order valence-electron chi connectivity index (χ0n) is 9.60. The maximum atomic E-state index is 11.3. The lowest BCUT2D eigenvalue weighted by Gasteiger charge is -2.07. The molecule has 0 saturated carbocycles. The Hall–Kier alpha value is -1.61. The first-order chi connectivity index (χ1) is 7.61. The predicted molar refractivity (Wildman–Crippen MR) is 64.9 cm³/mol. The summed E-state index contributed by atoms with van der Waals surface area (Å²) in [6, 6.07) is 7.68. The van der Waals surface area contributed by atoms with E-state index in [1.807, 2.05) is 31.2 Å². The van der Waals surface area contributed by atoms with Crippen molar-refractivity contribution in [1.82, 2.24) is 5.32 Å². The summed E-state index contributed by atoms with van der Waals surface area (Å²) in [7, 11) is 0. The van der Waals surface area contributed by atoms with Gasteiger partial charge in [0.25, 0.3) is 0 Å². The van der Waals surface area contributed by atoms with Gasteiger partial charge in [0.2, 0.25) is 5.91 Å². The van der Waals surface area contributed by atoms with Crippen LogP contribution in [0.4, 0.5) is 0 Å². The van der Waals surface area contributed by atoms with E-state index in [4.69, 9.17) is 5.11 Å². The number of benzene rings is 1. The molecular formula is C13H17NO2. The van der Waals surface area contributed by atoms with Crippen molar-refractivity contribution in [1.29, 1.82) is 0 Å². The van der Waals surface area contributed by atoms with Crippen LogP contribution < -0.4 is 5.32 Å². The third-order valence-electron chi connectivity index (χ3n) is 2.17. The Bertz CT molecular complexity index is 368. The summed E-state index contributed by atoms with van der Waals surface area (Å²) in [6.45, 7) is 3.71. The summed E-state index contributed by atoms with van der Waals surface area (Å²) in [4.78, 5) is 11.3. The first-order valence-electron chi connectivity index (χ1n) is 5.28. The Kier molecular flexibility index (Phi) is 4.73. The van der Waals surface area contributed by atoms with Gasteiger partial charge in [0.15, 0.2) is 0 Å². The van der Waals surface area contributed by atoms with Crippen LogP contribution in [-0.2, 0) is 4.79 Å². The average molecular weight is 219 g/mol. The smallest absolute Gasteiger partial charge is 0.244 e. The molecule has 1 aromatic rings. The van der Waals surface area contributed by atoms with Crippen LogP contribution in [0.15, 0.2) is 30.3 Å². The van der Waals surface area contributed by atoms with Gasteiger partial charge >= 0.3 is 0 Å². The van der Waals surface area contributed by atoms with Crippen LogP contribution in [0.5, 0.6) is 0 Å². The largest absolute Gasteiger partial charge is 0.394 e. The highest BCUT2D eigenvalue weighted by Gasteiger charge is 2.01. The van der Waals surface area contributed by atoms with E-state index in [-0.39, 0.29) is 18.6 Å². The monoisotopic (exact) mass is 219 g/mol. The highest BCUT2D eigenvalue weighted by molar-refractivity contribution is 5.91. The summed E-state index contributed by atoms with van der Waals surface area (Å²) >= 11 is 0. The van der Waals surface area contributed by atoms with E-state index in [1.54, 1.807) is 13.0 Å². The maximum absolute atomic E-state index is 11.3. The Labute approximate surface area is 95.8 Å². The summed E-state index contributed by atoms with van der Waals surface area (Å²) in [5, 5.41) is 11.4. The first kappa shape index (κ1) is 12.5. The SMILES string of the molecule is Cc1ccc(/C=C/C(=O)NC(C)CO)cc1. The van der Waals surface area contributed by atoms with Gasteiger partial charge in [-0.3, -0.25) is 4.79 Å². The van der Waals surface area contributed by atoms with E-state index in [1.165, 1.54) is 11.6 Å². The van der Waals surface area contributed by atoms with Gasteiger partial charge in [-0.15, -0.1) is 0 Å². The Morgan fingerprint density at radius 1 is 1.44 bits per heavy atom. The van der Waals surface area contributed by atoms with E-state index in [2.05, 4.69) is 5.32 Å². The molecule has 16 heavy (non-hydrogen) atoms. The molecule has 0 saturated heterocycles. The molecule has 2 N–H and O–H groups in total. The summed E-state index contributed by atoms with van der Waals surface area (Å²) < 4.78 is 0. The third-order valence-corrected chi connectivity index (χ3v) is 2.17. The van der Waals surface area contributed by atoms with Crippen LogP contribution >= 0.6 is 0 Å². The first-order valence-corrected chi connectivity index (χ1v) is 5.28. The molecule has 0 spiro atoms. The van der Waals surface area contributed by atoms with Gasteiger partial charge in [-0.2, -0.15) is 0 Å². The molecule has 0 bridgehead atoms. The number of carbonyl (C=O) groups is 1. The fourth-order valence-electron chi connectivity index (χ4n) is 1.19. The lowest BCUT2D eigenvalue weighted by molar-refractivity contribution is -0.117. The van der Waals surface area contributed by atoms with Crippen molar-refractivity contribution >= 4 is 12.0 Å². The zero-order valence-corrected chi connectivity index (χ0v) is 9.60. The van der Waals surface area contributed by atoms with Crippen molar-refractivity contribution in [3.05, 3.63) is 41.5 Å². The predicted octanol–water partition coefficient (Wildman–Crippen LogP) is 1.51. The molecular weight excluding hydrogens is 202 g/mol. The van der Waals surface area contributed by atoms with Gasteiger partial charge in [-0.1, -0.05) is 29.8 Å². The third kappa shape index (κ3) is 4.28. The van der Waals surface area contributed by atoms with Gasteiger partial charge in [0, 0.05) is 12.1 Å². The summed E-state index contributed by atoms with van der Waals surface area (Å²) in [5.74, 6) is -0.192. The molecule has 1 aromatic carbocycles. The molecule has 0 heterocycles. The van der Waals surface area contributed by atoms with Crippen molar-refractivity contribution in [2.24, 2.45) is 0 Å². The van der Waals surface area contributed by atoms with E-state index < -0.39 is 0 Å². The fraction of sp³-hybridized carbons (Fsp3) is 0.308. The van der Waals surface area contributed by atoms with Crippen LogP contribution in [0.25, 0.3) is 6.08 Å². The molecule has 0 aliphatic carbocycles. The zero-order chi connectivity index (χ0) is 12.0. The number of rotatable bonds is 4. The van der Waals surface area contributed by atoms with E-state index in [9.17, 15) is 4.79 Å². The summed E-state index contributed by atoms with van der Waals surface area (Å²) in [6.07, 6.45) is 3.22. The summed E-state index contributed by atoms with van der Waals surface area (Å²) in [5.41, 5.74) is 2.17. The number of aliphatic hydroxyl groups is 1. The van der Waals surface area contributed by atoms with E-state index in [0.29, 0.717) is 0 Å². The van der Waals surface area contributed by atoms with Gasteiger partial charge in [-0.25, -0.2) is 0 Å². The van der Waals surface area contributed by atoms with Crippen LogP contribution in [0.3, 0.4) is 0 Å². The number of amides is 1. The quantitative estimate of drug-likeness (QED) is 0.754. The van der Waals surface area contributed by atoms with Gasteiger partial charge in [-0.05, 0) is 25.5 Å². The molecule has 0 radical (unpaired) electrons. The fourth-order valence-corrected chi connectivity index (χ4v) is 1.19. The Morgan fingerprint density at radius 2 is 2.06 bits per heavy atom. The standard InChI is InChI=1S/C13H17NO2/c1-10-3-5-12(6-4-10)7-8-13(16)14-11(2)9-15/h3-8,11,15H,9H2,1-2H3,(H,14,16)/b8-7+. The second-order valence-electron chi connectivity index (χ2n) is 3.84. The molecule has 3 nitrogen and oxygen atoms in total. The second-order valence-corrected chi connectivity index (χ2v) is 3.84. The van der Waals surface area contributed by atoms with Crippen molar-refractivity contribution in [2.75, 3.05) is 6.61 Å². The van der Waals surface area contributed by atoms with Crippen molar-refractivity contribution in [2.45, 2.75) is 19.9 Å². The van der Waals surface area contributed by atoms with Crippen LogP contribution in [-0.4, -0.2) is 23.7 Å². The molecule has 86 valence electrons. The minimum atomic E-state index is -0.213. The highest BCUT2D eigenvalue weighted by Crippen LogP contribution is 2.04. The molecule has 0 aromatic heterocycles. The Morgan fingerprint density at radius 3 is 2.62 bits per heavy atom. The number of aryl methyl sites for hydroxylation is 1. The van der Waals surface area contributed by atoms with E-state index >= 15 is 0 Å². The normalized spacial score (nSPS) is 12.7. The number of nitrogens with one attached hydrogen (secondary N) is 1. The minimum Gasteiger partial charge on any atom is -0.394 e. The van der Waals surface area contributed by atoms with Crippen LogP contribution in [0, 0.1) is 6.92 Å². The van der Waals surface area contributed by atoms with Gasteiger partial charge < -0.3 is 10.4 Å². The lowest BCUT2D eigenvalue weighted by Crippen LogP contribution is -2.33.